The van der Waals surface area contributed by atoms with E-state index in [0.717, 1.165) is 11.3 Å². The molecule has 0 bridgehead atoms. The molecule has 5 nitrogen and oxygen atoms in total. The molecule has 0 fully saturated rings. The third-order valence-electron chi connectivity index (χ3n) is 4.08. The predicted molar refractivity (Wildman–Crippen MR) is 99.1 cm³/mol. The second-order valence-corrected chi connectivity index (χ2v) is 7.19. The minimum atomic E-state index is -0.602. The van der Waals surface area contributed by atoms with E-state index >= 15 is 0 Å². The number of carbonyl (C=O) groups excluding carboxylic acids is 2. The van der Waals surface area contributed by atoms with Crippen LogP contribution in [0.5, 0.6) is 0 Å². The number of anilines is 1. The number of amides is 2. The smallest absolute Gasteiger partial charge is 0.243 e. The summed E-state index contributed by atoms with van der Waals surface area (Å²) >= 11 is 0. The minimum Gasteiger partial charge on any atom is -0.346 e. The van der Waals surface area contributed by atoms with Gasteiger partial charge in [0.2, 0.25) is 11.8 Å². The monoisotopic (exact) mass is 333 g/mol. The van der Waals surface area contributed by atoms with Crippen LogP contribution in [-0.4, -0.2) is 24.4 Å². The molecule has 0 aliphatic carbocycles. The zero-order chi connectivity index (χ0) is 18.4. The average molecular weight is 333 g/mol. The normalized spacial score (nSPS) is 12.6. The highest BCUT2D eigenvalue weighted by Crippen LogP contribution is 2.28. The molecule has 0 aliphatic rings. The van der Waals surface area contributed by atoms with Gasteiger partial charge in [0.15, 0.2) is 0 Å². The first-order valence-corrected chi connectivity index (χ1v) is 8.60. The number of nitrogens with one attached hydrogen (secondary N) is 2. The Hall–Kier alpha value is -1.88. The lowest BCUT2D eigenvalue weighted by Gasteiger charge is -2.18. The number of hydrogen-bond acceptors (Lipinski definition) is 3. The quantitative estimate of drug-likeness (QED) is 0.717. The van der Waals surface area contributed by atoms with Gasteiger partial charge in [-0.1, -0.05) is 53.7 Å². The van der Waals surface area contributed by atoms with Crippen LogP contribution in [0.1, 0.15) is 64.5 Å². The molecule has 2 amide bonds. The lowest BCUT2D eigenvalue weighted by Crippen LogP contribution is -2.46. The Morgan fingerprint density at radius 2 is 1.67 bits per heavy atom. The molecule has 5 heteroatoms. The Kier molecular flexibility index (Phi) is 7.42. The number of carbonyl (C=O) groups is 2. The number of benzene rings is 1. The van der Waals surface area contributed by atoms with Crippen LogP contribution in [0.3, 0.4) is 0 Å². The summed E-state index contributed by atoms with van der Waals surface area (Å²) in [7, 11) is 0. The van der Waals surface area contributed by atoms with E-state index < -0.39 is 6.04 Å². The predicted octanol–water partition coefficient (Wildman–Crippen LogP) is 2.97. The maximum atomic E-state index is 12.1. The van der Waals surface area contributed by atoms with E-state index in [9.17, 15) is 9.59 Å². The molecule has 0 saturated carbocycles. The van der Waals surface area contributed by atoms with E-state index in [0.29, 0.717) is 11.8 Å². The minimum absolute atomic E-state index is 0.0317. The number of rotatable bonds is 7. The second kappa shape index (κ2) is 8.83. The van der Waals surface area contributed by atoms with Crippen LogP contribution in [0.2, 0.25) is 0 Å². The maximum Gasteiger partial charge on any atom is 0.243 e. The van der Waals surface area contributed by atoms with Gasteiger partial charge >= 0.3 is 0 Å². The van der Waals surface area contributed by atoms with Crippen LogP contribution < -0.4 is 16.4 Å². The van der Waals surface area contributed by atoms with Gasteiger partial charge in [-0.3, -0.25) is 9.59 Å². The summed E-state index contributed by atoms with van der Waals surface area (Å²) in [5.41, 5.74) is 8.90. The molecule has 0 spiro atoms. The van der Waals surface area contributed by atoms with Gasteiger partial charge in [0.05, 0.1) is 12.6 Å². The molecular weight excluding hydrogens is 302 g/mol. The third-order valence-corrected chi connectivity index (χ3v) is 4.08. The lowest BCUT2D eigenvalue weighted by molar-refractivity contribution is -0.125. The first kappa shape index (κ1) is 20.2. The fraction of sp³-hybridized carbons (Fsp3) is 0.579. The number of nitrogens with two attached hydrogens (primary N) is 1. The Labute approximate surface area is 145 Å². The maximum absolute atomic E-state index is 12.1. The molecule has 4 N–H and O–H groups in total. The molecular formula is C19H31N3O2. The second-order valence-electron chi connectivity index (χ2n) is 7.19. The zero-order valence-electron chi connectivity index (χ0n) is 15.6. The van der Waals surface area contributed by atoms with Crippen LogP contribution in [-0.2, 0) is 9.59 Å². The van der Waals surface area contributed by atoms with E-state index in [1.807, 2.05) is 26.0 Å². The van der Waals surface area contributed by atoms with Crippen molar-refractivity contribution in [1.82, 2.24) is 5.32 Å². The Balaban J connectivity index is 2.75. The summed E-state index contributed by atoms with van der Waals surface area (Å²) in [6, 6.07) is 5.50. The first-order valence-electron chi connectivity index (χ1n) is 8.60. The molecule has 1 aromatic carbocycles. The molecule has 1 aromatic rings. The zero-order valence-corrected chi connectivity index (χ0v) is 15.6. The Morgan fingerprint density at radius 1 is 1.04 bits per heavy atom. The van der Waals surface area contributed by atoms with Crippen molar-refractivity contribution in [2.24, 2.45) is 11.7 Å². The van der Waals surface area contributed by atoms with Crippen molar-refractivity contribution in [2.45, 2.75) is 59.4 Å². The van der Waals surface area contributed by atoms with Crippen LogP contribution in [0.15, 0.2) is 18.2 Å². The van der Waals surface area contributed by atoms with Crippen molar-refractivity contribution in [1.29, 1.82) is 0 Å². The van der Waals surface area contributed by atoms with Crippen molar-refractivity contribution in [3.63, 3.8) is 0 Å². The average Bonchev–Trinajstić information content (AvgIpc) is 2.51. The van der Waals surface area contributed by atoms with Gasteiger partial charge in [-0.2, -0.15) is 0 Å². The summed E-state index contributed by atoms with van der Waals surface area (Å²) in [6.45, 7) is 12.1. The summed E-state index contributed by atoms with van der Waals surface area (Å²) in [4.78, 5) is 24.0. The molecule has 1 atom stereocenters. The fourth-order valence-electron chi connectivity index (χ4n) is 2.31. The van der Waals surface area contributed by atoms with Gasteiger partial charge in [-0.15, -0.1) is 0 Å². The molecule has 24 heavy (non-hydrogen) atoms. The van der Waals surface area contributed by atoms with Gasteiger partial charge in [0.25, 0.3) is 0 Å². The van der Waals surface area contributed by atoms with Gasteiger partial charge in [0.1, 0.15) is 0 Å². The van der Waals surface area contributed by atoms with Gasteiger partial charge in [-0.05, 0) is 34.9 Å². The van der Waals surface area contributed by atoms with Gasteiger partial charge < -0.3 is 16.4 Å². The largest absolute Gasteiger partial charge is 0.346 e. The summed E-state index contributed by atoms with van der Waals surface area (Å²) in [5.74, 6) is 0.203. The molecule has 0 saturated heterocycles. The van der Waals surface area contributed by atoms with Crippen LogP contribution in [0, 0.1) is 5.92 Å². The molecule has 0 unspecified atom stereocenters. The van der Waals surface area contributed by atoms with Crippen LogP contribution in [0.25, 0.3) is 0 Å². The Morgan fingerprint density at radius 3 is 2.17 bits per heavy atom. The highest BCUT2D eigenvalue weighted by molar-refractivity contribution is 5.95. The number of hydrogen-bond donors (Lipinski definition) is 3. The SMILES string of the molecule is CC(C)c1ccc(NC(=O)CNC(=O)[C@@H](N)C(C)C)c(C(C)C)c1. The third kappa shape index (κ3) is 5.64. The molecule has 0 radical (unpaired) electrons. The van der Waals surface area contributed by atoms with Crippen molar-refractivity contribution >= 4 is 17.5 Å². The van der Waals surface area contributed by atoms with Gasteiger partial charge in [-0.25, -0.2) is 0 Å². The highest BCUT2D eigenvalue weighted by atomic mass is 16.2. The van der Waals surface area contributed by atoms with E-state index in [2.05, 4.69) is 44.4 Å². The van der Waals surface area contributed by atoms with Crippen molar-refractivity contribution in [2.75, 3.05) is 11.9 Å². The lowest BCUT2D eigenvalue weighted by atomic mass is 9.94. The van der Waals surface area contributed by atoms with Crippen LogP contribution in [0.4, 0.5) is 5.69 Å². The molecule has 0 aromatic heterocycles. The van der Waals surface area contributed by atoms with E-state index in [4.69, 9.17) is 5.73 Å². The van der Waals surface area contributed by atoms with Crippen molar-refractivity contribution in [3.8, 4) is 0 Å². The summed E-state index contributed by atoms with van der Waals surface area (Å²) in [5, 5.41) is 5.47. The van der Waals surface area contributed by atoms with Crippen LogP contribution >= 0.6 is 0 Å². The molecule has 0 aliphatic heterocycles. The first-order chi connectivity index (χ1) is 11.1. The van der Waals surface area contributed by atoms with E-state index in [-0.39, 0.29) is 24.3 Å². The molecule has 134 valence electrons. The Bertz CT molecular complexity index is 580. The van der Waals surface area contributed by atoms with E-state index in [1.54, 1.807) is 0 Å². The molecule has 1 rings (SSSR count). The van der Waals surface area contributed by atoms with Gasteiger partial charge in [0, 0.05) is 5.69 Å². The topological polar surface area (TPSA) is 84.2 Å². The standard InChI is InChI=1S/C19H31N3O2/c1-11(2)14-7-8-16(15(9-14)12(3)4)22-17(23)10-21-19(24)18(20)13(5)6/h7-9,11-13,18H,10,20H2,1-6H3,(H,21,24)(H,22,23)/t18-/m0/s1. The summed E-state index contributed by atoms with van der Waals surface area (Å²) in [6.07, 6.45) is 0. The van der Waals surface area contributed by atoms with Crippen molar-refractivity contribution in [3.05, 3.63) is 29.3 Å². The fourth-order valence-corrected chi connectivity index (χ4v) is 2.31. The highest BCUT2D eigenvalue weighted by Gasteiger charge is 2.18. The van der Waals surface area contributed by atoms with E-state index in [1.165, 1.54) is 5.56 Å². The van der Waals surface area contributed by atoms with Crippen molar-refractivity contribution < 1.29 is 9.59 Å². The molecule has 0 heterocycles. The summed E-state index contributed by atoms with van der Waals surface area (Å²) < 4.78 is 0.